The Morgan fingerprint density at radius 1 is 1.25 bits per heavy atom. The van der Waals surface area contributed by atoms with Crippen molar-refractivity contribution < 1.29 is 13.2 Å². The maximum atomic E-state index is 12.4. The molecule has 8 heteroatoms. The highest BCUT2D eigenvalue weighted by Gasteiger charge is 2.22. The van der Waals surface area contributed by atoms with Gasteiger partial charge in [0.1, 0.15) is 10.6 Å². The number of methoxy groups -OCH3 is 1. The fraction of sp³-hybridized carbons (Fsp3) is 0.167. The van der Waals surface area contributed by atoms with Gasteiger partial charge < -0.3 is 4.74 Å². The second kappa shape index (κ2) is 5.64. The van der Waals surface area contributed by atoms with Crippen LogP contribution in [0, 0.1) is 0 Å². The molecule has 0 fully saturated rings. The largest absolute Gasteiger partial charge is 0.497 e. The van der Waals surface area contributed by atoms with Crippen LogP contribution in [0.4, 0.5) is 5.69 Å². The standard InChI is InChI=1S/C12H12ClN3O3S/c1-16(9-4-3-5-10(6-9)19-2)20(17,18)11-7-14-12(13)15-8-11/h3-8H,1-2H3. The summed E-state index contributed by atoms with van der Waals surface area (Å²) >= 11 is 5.55. The number of benzene rings is 1. The van der Waals surface area contributed by atoms with E-state index in [9.17, 15) is 8.42 Å². The molecule has 0 N–H and O–H groups in total. The molecule has 1 heterocycles. The van der Waals surface area contributed by atoms with Crippen LogP contribution in [0.5, 0.6) is 5.75 Å². The first kappa shape index (κ1) is 14.5. The molecule has 1 aromatic heterocycles. The van der Waals surface area contributed by atoms with E-state index in [1.165, 1.54) is 26.6 Å². The summed E-state index contributed by atoms with van der Waals surface area (Å²) in [4.78, 5) is 7.32. The molecule has 2 aromatic rings. The van der Waals surface area contributed by atoms with E-state index in [-0.39, 0.29) is 10.2 Å². The first-order valence-corrected chi connectivity index (χ1v) is 7.37. The van der Waals surface area contributed by atoms with Crippen molar-refractivity contribution in [3.8, 4) is 5.75 Å². The highest BCUT2D eigenvalue weighted by molar-refractivity contribution is 7.92. The molecule has 0 saturated carbocycles. The van der Waals surface area contributed by atoms with Crippen molar-refractivity contribution >= 4 is 27.3 Å². The topological polar surface area (TPSA) is 72.4 Å². The number of anilines is 1. The number of aromatic nitrogens is 2. The molecule has 0 aliphatic carbocycles. The fourth-order valence-electron chi connectivity index (χ4n) is 1.54. The Morgan fingerprint density at radius 3 is 2.50 bits per heavy atom. The Morgan fingerprint density at radius 2 is 1.90 bits per heavy atom. The Kier molecular flexibility index (Phi) is 4.10. The molecule has 0 aliphatic rings. The van der Waals surface area contributed by atoms with Crippen molar-refractivity contribution in [2.24, 2.45) is 0 Å². The third-order valence-corrected chi connectivity index (χ3v) is 4.61. The lowest BCUT2D eigenvalue weighted by Crippen LogP contribution is -2.26. The van der Waals surface area contributed by atoms with Crippen molar-refractivity contribution in [3.63, 3.8) is 0 Å². The number of nitrogens with zero attached hydrogens (tertiary/aromatic N) is 3. The van der Waals surface area contributed by atoms with E-state index in [4.69, 9.17) is 16.3 Å². The summed E-state index contributed by atoms with van der Waals surface area (Å²) in [5.41, 5.74) is 0.472. The van der Waals surface area contributed by atoms with Gasteiger partial charge in [0.2, 0.25) is 5.28 Å². The molecule has 0 radical (unpaired) electrons. The number of sulfonamides is 1. The van der Waals surface area contributed by atoms with E-state index in [0.717, 1.165) is 4.31 Å². The van der Waals surface area contributed by atoms with Gasteiger partial charge >= 0.3 is 0 Å². The molecule has 0 saturated heterocycles. The van der Waals surface area contributed by atoms with Gasteiger partial charge in [-0.2, -0.15) is 0 Å². The minimum Gasteiger partial charge on any atom is -0.497 e. The minimum absolute atomic E-state index is 0.00650. The molecule has 0 bridgehead atoms. The third-order valence-electron chi connectivity index (χ3n) is 2.67. The van der Waals surface area contributed by atoms with Crippen LogP contribution in [0.15, 0.2) is 41.6 Å². The Balaban J connectivity index is 2.40. The van der Waals surface area contributed by atoms with Crippen LogP contribution >= 0.6 is 11.6 Å². The Hall–Kier alpha value is -1.86. The molecular weight excluding hydrogens is 302 g/mol. The summed E-state index contributed by atoms with van der Waals surface area (Å²) in [5.74, 6) is 0.567. The predicted octanol–water partition coefficient (Wildman–Crippen LogP) is 1.96. The molecule has 0 unspecified atom stereocenters. The smallest absolute Gasteiger partial charge is 0.267 e. The molecule has 2 rings (SSSR count). The average Bonchev–Trinajstić information content (AvgIpc) is 2.47. The van der Waals surface area contributed by atoms with Gasteiger partial charge in [0.25, 0.3) is 10.0 Å². The fourth-order valence-corrected chi connectivity index (χ4v) is 2.71. The van der Waals surface area contributed by atoms with Crippen molar-refractivity contribution in [1.29, 1.82) is 0 Å². The predicted molar refractivity (Wildman–Crippen MR) is 75.6 cm³/mol. The first-order chi connectivity index (χ1) is 9.45. The molecule has 20 heavy (non-hydrogen) atoms. The molecule has 106 valence electrons. The molecule has 1 aromatic carbocycles. The number of ether oxygens (including phenoxy) is 1. The molecule has 0 amide bonds. The summed E-state index contributed by atoms with van der Waals surface area (Å²) in [6.07, 6.45) is 2.34. The van der Waals surface area contributed by atoms with Gasteiger partial charge in [-0.05, 0) is 23.7 Å². The van der Waals surface area contributed by atoms with Gasteiger partial charge in [-0.3, -0.25) is 4.31 Å². The first-order valence-electron chi connectivity index (χ1n) is 5.55. The molecule has 0 atom stereocenters. The minimum atomic E-state index is -3.74. The van der Waals surface area contributed by atoms with Crippen LogP contribution in [-0.2, 0) is 10.0 Å². The highest BCUT2D eigenvalue weighted by Crippen LogP contribution is 2.25. The van der Waals surface area contributed by atoms with Gasteiger partial charge in [0.05, 0.1) is 25.2 Å². The highest BCUT2D eigenvalue weighted by atomic mass is 35.5. The van der Waals surface area contributed by atoms with E-state index in [0.29, 0.717) is 11.4 Å². The van der Waals surface area contributed by atoms with Crippen molar-refractivity contribution in [3.05, 3.63) is 41.9 Å². The van der Waals surface area contributed by atoms with Crippen molar-refractivity contribution in [2.45, 2.75) is 4.90 Å². The Labute approximate surface area is 122 Å². The Bertz CT molecular complexity index is 704. The van der Waals surface area contributed by atoms with Gasteiger partial charge in [0.15, 0.2) is 0 Å². The van der Waals surface area contributed by atoms with E-state index in [1.807, 2.05) is 0 Å². The monoisotopic (exact) mass is 313 g/mol. The van der Waals surface area contributed by atoms with Gasteiger partial charge in [-0.25, -0.2) is 18.4 Å². The zero-order valence-electron chi connectivity index (χ0n) is 10.8. The third kappa shape index (κ3) is 2.83. The summed E-state index contributed by atoms with van der Waals surface area (Å²) in [7, 11) is -0.782. The second-order valence-electron chi connectivity index (χ2n) is 3.86. The summed E-state index contributed by atoms with van der Waals surface area (Å²) in [5, 5.41) is -0.00650. The average molecular weight is 314 g/mol. The lowest BCUT2D eigenvalue weighted by Gasteiger charge is -2.19. The lowest BCUT2D eigenvalue weighted by atomic mass is 10.3. The SMILES string of the molecule is COc1cccc(N(C)S(=O)(=O)c2cnc(Cl)nc2)c1. The van der Waals surface area contributed by atoms with Gasteiger partial charge in [-0.15, -0.1) is 0 Å². The second-order valence-corrected chi connectivity index (χ2v) is 6.17. The molecular formula is C12H12ClN3O3S. The zero-order chi connectivity index (χ0) is 14.8. The number of halogens is 1. The maximum Gasteiger partial charge on any atom is 0.267 e. The molecule has 6 nitrogen and oxygen atoms in total. The normalized spacial score (nSPS) is 11.2. The zero-order valence-corrected chi connectivity index (χ0v) is 12.4. The van der Waals surface area contributed by atoms with Crippen LogP contribution in [0.2, 0.25) is 5.28 Å². The van der Waals surface area contributed by atoms with Gasteiger partial charge in [0, 0.05) is 13.1 Å². The van der Waals surface area contributed by atoms with E-state index in [2.05, 4.69) is 9.97 Å². The lowest BCUT2D eigenvalue weighted by molar-refractivity contribution is 0.415. The van der Waals surface area contributed by atoms with Crippen LogP contribution < -0.4 is 9.04 Å². The summed E-state index contributed by atoms with van der Waals surface area (Å²) < 4.78 is 31.0. The van der Waals surface area contributed by atoms with E-state index in [1.54, 1.807) is 24.3 Å². The summed E-state index contributed by atoms with van der Waals surface area (Å²) in [6.45, 7) is 0. The number of hydrogen-bond acceptors (Lipinski definition) is 5. The molecule has 0 aliphatic heterocycles. The van der Waals surface area contributed by atoms with Crippen LogP contribution in [0.25, 0.3) is 0 Å². The number of rotatable bonds is 4. The van der Waals surface area contributed by atoms with Crippen LogP contribution in [0.1, 0.15) is 0 Å². The van der Waals surface area contributed by atoms with Crippen LogP contribution in [0.3, 0.4) is 0 Å². The van der Waals surface area contributed by atoms with Gasteiger partial charge in [-0.1, -0.05) is 6.07 Å². The molecule has 0 spiro atoms. The number of hydrogen-bond donors (Lipinski definition) is 0. The van der Waals surface area contributed by atoms with Crippen molar-refractivity contribution in [2.75, 3.05) is 18.5 Å². The quantitative estimate of drug-likeness (QED) is 0.807. The van der Waals surface area contributed by atoms with Crippen LogP contribution in [-0.4, -0.2) is 32.5 Å². The maximum absolute atomic E-state index is 12.4. The van der Waals surface area contributed by atoms with E-state index < -0.39 is 10.0 Å². The summed E-state index contributed by atoms with van der Waals surface area (Å²) in [6, 6.07) is 6.72. The van der Waals surface area contributed by atoms with E-state index >= 15 is 0 Å². The van der Waals surface area contributed by atoms with Crippen molar-refractivity contribution in [1.82, 2.24) is 9.97 Å².